The molecule has 2 nitrogen and oxygen atoms in total. The van der Waals surface area contributed by atoms with Crippen LogP contribution in [0.5, 0.6) is 0 Å². The Kier molecular flexibility index (Phi) is 13.3. The summed E-state index contributed by atoms with van der Waals surface area (Å²) in [6, 6.07) is 0. The quantitative estimate of drug-likeness (QED) is 0.298. The topological polar surface area (TPSA) is 37.3 Å². The average molecular weight is 339 g/mol. The SMILES string of the molecule is CCCCCCCCCCCCCCCC(C(=O)O)C1CCCC1. The fourth-order valence-electron chi connectivity index (χ4n) is 4.30. The number of carboxylic acid groups (broad SMARTS) is 1. The number of hydrogen-bond acceptors (Lipinski definition) is 1. The Morgan fingerprint density at radius 1 is 0.792 bits per heavy atom. The van der Waals surface area contributed by atoms with E-state index in [4.69, 9.17) is 0 Å². The van der Waals surface area contributed by atoms with Gasteiger partial charge in [0.2, 0.25) is 0 Å². The van der Waals surface area contributed by atoms with Crippen LogP contribution in [-0.2, 0) is 4.79 Å². The number of carbonyl (C=O) groups is 1. The Morgan fingerprint density at radius 2 is 1.21 bits per heavy atom. The Bertz CT molecular complexity index is 294. The van der Waals surface area contributed by atoms with E-state index < -0.39 is 5.97 Å². The molecule has 1 aliphatic rings. The summed E-state index contributed by atoms with van der Waals surface area (Å²) >= 11 is 0. The minimum absolute atomic E-state index is 0.0554. The molecule has 0 aromatic heterocycles. The summed E-state index contributed by atoms with van der Waals surface area (Å²) < 4.78 is 0. The van der Waals surface area contributed by atoms with Crippen LogP contribution in [0.3, 0.4) is 0 Å². The van der Waals surface area contributed by atoms with Crippen molar-refractivity contribution in [1.29, 1.82) is 0 Å². The maximum atomic E-state index is 11.4. The highest BCUT2D eigenvalue weighted by molar-refractivity contribution is 5.70. The number of aliphatic carboxylic acids is 1. The third kappa shape index (κ3) is 10.4. The van der Waals surface area contributed by atoms with Crippen molar-refractivity contribution in [2.45, 2.75) is 122 Å². The smallest absolute Gasteiger partial charge is 0.306 e. The lowest BCUT2D eigenvalue weighted by molar-refractivity contribution is -0.144. The second-order valence-electron chi connectivity index (χ2n) is 8.02. The summed E-state index contributed by atoms with van der Waals surface area (Å²) in [5.41, 5.74) is 0. The monoisotopic (exact) mass is 338 g/mol. The first-order valence-electron chi connectivity index (χ1n) is 11.0. The van der Waals surface area contributed by atoms with Crippen LogP contribution in [0.25, 0.3) is 0 Å². The molecule has 2 heteroatoms. The van der Waals surface area contributed by atoms with E-state index in [0.29, 0.717) is 5.92 Å². The molecule has 0 bridgehead atoms. The Hall–Kier alpha value is -0.530. The number of carboxylic acids is 1. The Morgan fingerprint density at radius 3 is 1.62 bits per heavy atom. The van der Waals surface area contributed by atoms with E-state index in [1.165, 1.54) is 89.9 Å². The van der Waals surface area contributed by atoms with E-state index in [2.05, 4.69) is 6.92 Å². The zero-order chi connectivity index (χ0) is 17.5. The van der Waals surface area contributed by atoms with Crippen LogP contribution >= 0.6 is 0 Å². The maximum Gasteiger partial charge on any atom is 0.306 e. The number of unbranched alkanes of at least 4 members (excludes halogenated alkanes) is 12. The molecule has 0 aliphatic heterocycles. The highest BCUT2D eigenvalue weighted by Gasteiger charge is 2.29. The first kappa shape index (κ1) is 21.5. The molecule has 1 N–H and O–H groups in total. The molecule has 1 rings (SSSR count). The van der Waals surface area contributed by atoms with Crippen LogP contribution in [0.15, 0.2) is 0 Å². The van der Waals surface area contributed by atoms with Gasteiger partial charge in [0, 0.05) is 0 Å². The van der Waals surface area contributed by atoms with Crippen LogP contribution in [0.2, 0.25) is 0 Å². The predicted octanol–water partition coefficient (Wildman–Crippen LogP) is 7.36. The first-order chi connectivity index (χ1) is 11.8. The van der Waals surface area contributed by atoms with Crippen LogP contribution in [0.4, 0.5) is 0 Å². The fourth-order valence-corrected chi connectivity index (χ4v) is 4.30. The van der Waals surface area contributed by atoms with Crippen molar-refractivity contribution in [1.82, 2.24) is 0 Å². The summed E-state index contributed by atoms with van der Waals surface area (Å²) in [6.07, 6.45) is 23.3. The van der Waals surface area contributed by atoms with Crippen LogP contribution < -0.4 is 0 Å². The van der Waals surface area contributed by atoms with E-state index in [1.54, 1.807) is 0 Å². The second-order valence-corrected chi connectivity index (χ2v) is 8.02. The van der Waals surface area contributed by atoms with Gasteiger partial charge in [-0.1, -0.05) is 103 Å². The lowest BCUT2D eigenvalue weighted by Crippen LogP contribution is -2.21. The van der Waals surface area contributed by atoms with Gasteiger partial charge in [-0.2, -0.15) is 0 Å². The van der Waals surface area contributed by atoms with Gasteiger partial charge in [-0.3, -0.25) is 4.79 Å². The van der Waals surface area contributed by atoms with E-state index in [0.717, 1.165) is 25.7 Å². The van der Waals surface area contributed by atoms with Gasteiger partial charge in [0.05, 0.1) is 5.92 Å². The molecule has 1 atom stereocenters. The molecule has 1 saturated carbocycles. The van der Waals surface area contributed by atoms with Gasteiger partial charge >= 0.3 is 5.97 Å². The maximum absolute atomic E-state index is 11.4. The molecular weight excluding hydrogens is 296 g/mol. The lowest BCUT2D eigenvalue weighted by Gasteiger charge is -2.18. The van der Waals surface area contributed by atoms with Crippen molar-refractivity contribution < 1.29 is 9.90 Å². The van der Waals surface area contributed by atoms with Crippen molar-refractivity contribution in [2.75, 3.05) is 0 Å². The molecule has 0 spiro atoms. The van der Waals surface area contributed by atoms with Crippen molar-refractivity contribution >= 4 is 5.97 Å². The van der Waals surface area contributed by atoms with Gasteiger partial charge in [-0.25, -0.2) is 0 Å². The Labute approximate surface area is 150 Å². The van der Waals surface area contributed by atoms with Crippen molar-refractivity contribution in [3.05, 3.63) is 0 Å². The van der Waals surface area contributed by atoms with E-state index in [9.17, 15) is 9.90 Å². The van der Waals surface area contributed by atoms with E-state index >= 15 is 0 Å². The third-order valence-electron chi connectivity index (χ3n) is 5.90. The summed E-state index contributed by atoms with van der Waals surface area (Å²) in [5, 5.41) is 9.42. The van der Waals surface area contributed by atoms with Crippen LogP contribution in [0, 0.1) is 11.8 Å². The molecular formula is C22H42O2. The van der Waals surface area contributed by atoms with Gasteiger partial charge in [0.25, 0.3) is 0 Å². The molecule has 1 fully saturated rings. The van der Waals surface area contributed by atoms with Crippen molar-refractivity contribution in [3.8, 4) is 0 Å². The molecule has 0 aromatic carbocycles. The zero-order valence-corrected chi connectivity index (χ0v) is 16.2. The van der Waals surface area contributed by atoms with Crippen molar-refractivity contribution in [3.63, 3.8) is 0 Å². The van der Waals surface area contributed by atoms with Gasteiger partial charge in [-0.05, 0) is 25.2 Å². The fraction of sp³-hybridized carbons (Fsp3) is 0.955. The van der Waals surface area contributed by atoms with Crippen LogP contribution in [0.1, 0.15) is 122 Å². The third-order valence-corrected chi connectivity index (χ3v) is 5.90. The molecule has 0 amide bonds. The number of hydrogen-bond donors (Lipinski definition) is 1. The van der Waals surface area contributed by atoms with Gasteiger partial charge in [0.15, 0.2) is 0 Å². The first-order valence-corrected chi connectivity index (χ1v) is 11.0. The minimum Gasteiger partial charge on any atom is -0.481 e. The summed E-state index contributed by atoms with van der Waals surface area (Å²) in [4.78, 5) is 11.4. The zero-order valence-electron chi connectivity index (χ0n) is 16.2. The molecule has 1 aliphatic carbocycles. The van der Waals surface area contributed by atoms with E-state index in [-0.39, 0.29) is 5.92 Å². The molecule has 142 valence electrons. The standard InChI is InChI=1S/C22H42O2/c1-2-3-4-5-6-7-8-9-10-11-12-13-14-19-21(22(23)24)20-17-15-16-18-20/h20-21H,2-19H2,1H3,(H,23,24). The van der Waals surface area contributed by atoms with Gasteiger partial charge < -0.3 is 5.11 Å². The predicted molar refractivity (Wildman–Crippen MR) is 103 cm³/mol. The summed E-state index contributed by atoms with van der Waals surface area (Å²) in [7, 11) is 0. The highest BCUT2D eigenvalue weighted by Crippen LogP contribution is 2.34. The van der Waals surface area contributed by atoms with Crippen LogP contribution in [-0.4, -0.2) is 11.1 Å². The van der Waals surface area contributed by atoms with Gasteiger partial charge in [-0.15, -0.1) is 0 Å². The van der Waals surface area contributed by atoms with Crippen molar-refractivity contribution in [2.24, 2.45) is 11.8 Å². The minimum atomic E-state index is -0.541. The molecule has 1 unspecified atom stereocenters. The normalized spacial score (nSPS) is 16.5. The molecule has 0 heterocycles. The average Bonchev–Trinajstić information content (AvgIpc) is 3.09. The largest absolute Gasteiger partial charge is 0.481 e. The van der Waals surface area contributed by atoms with Gasteiger partial charge in [0.1, 0.15) is 0 Å². The van der Waals surface area contributed by atoms with E-state index in [1.807, 2.05) is 0 Å². The summed E-state index contributed by atoms with van der Waals surface area (Å²) in [6.45, 7) is 2.27. The second kappa shape index (κ2) is 14.8. The molecule has 24 heavy (non-hydrogen) atoms. The number of rotatable bonds is 16. The highest BCUT2D eigenvalue weighted by atomic mass is 16.4. The molecule has 0 aromatic rings. The summed E-state index contributed by atoms with van der Waals surface area (Å²) in [5.74, 6) is -0.124. The lowest BCUT2D eigenvalue weighted by atomic mass is 9.86. The Balaban J connectivity index is 1.86. The molecule has 0 saturated heterocycles. The molecule has 0 radical (unpaired) electrons.